The number of rotatable bonds is 3. The highest BCUT2D eigenvalue weighted by Crippen LogP contribution is 2.33. The molecule has 1 aromatic rings. The Morgan fingerprint density at radius 2 is 1.82 bits per heavy atom. The highest BCUT2D eigenvalue weighted by atomic mass is 35.5. The molecular weight excluding hydrogens is 340 g/mol. The summed E-state index contributed by atoms with van der Waals surface area (Å²) < 4.78 is 43.4. The third kappa shape index (κ3) is 4.91. The molecule has 1 aliphatic heterocycles. The summed E-state index contributed by atoms with van der Waals surface area (Å²) in [4.78, 5) is 2.08. The van der Waals surface area contributed by atoms with E-state index in [1.165, 1.54) is 6.07 Å². The molecule has 1 aliphatic rings. The first-order chi connectivity index (χ1) is 9.45. The zero-order valence-corrected chi connectivity index (χ0v) is 13.9. The van der Waals surface area contributed by atoms with Crippen LogP contribution < -0.4 is 10.6 Å². The summed E-state index contributed by atoms with van der Waals surface area (Å²) in [6, 6.07) is 3.80. The fourth-order valence-electron chi connectivity index (χ4n) is 2.57. The Kier molecular flexibility index (Phi) is 8.54. The number of nitrogens with two attached hydrogens (primary N) is 1. The van der Waals surface area contributed by atoms with Gasteiger partial charge in [-0.25, -0.2) is 0 Å². The van der Waals surface area contributed by atoms with E-state index in [1.807, 2.05) is 0 Å². The third-order valence-electron chi connectivity index (χ3n) is 3.74. The second kappa shape index (κ2) is 8.82. The molecule has 0 aromatic heterocycles. The minimum absolute atomic E-state index is 0. The van der Waals surface area contributed by atoms with Gasteiger partial charge in [0, 0.05) is 32.4 Å². The molecule has 0 unspecified atom stereocenters. The number of anilines is 1. The number of nitrogens with zero attached hydrogens (tertiary/aromatic N) is 1. The molecule has 1 aromatic carbocycles. The molecule has 2 N–H and O–H groups in total. The zero-order valence-electron chi connectivity index (χ0n) is 12.2. The number of hydrogen-bond acceptors (Lipinski definition) is 3. The van der Waals surface area contributed by atoms with E-state index in [0.717, 1.165) is 43.8 Å². The van der Waals surface area contributed by atoms with Crippen molar-refractivity contribution in [3.05, 3.63) is 29.3 Å². The minimum atomic E-state index is -4.33. The van der Waals surface area contributed by atoms with Gasteiger partial charge in [0.15, 0.2) is 0 Å². The van der Waals surface area contributed by atoms with Gasteiger partial charge >= 0.3 is 6.18 Å². The van der Waals surface area contributed by atoms with Gasteiger partial charge in [-0.2, -0.15) is 13.2 Å². The van der Waals surface area contributed by atoms with Gasteiger partial charge in [0.05, 0.1) is 11.7 Å². The van der Waals surface area contributed by atoms with Crippen LogP contribution in [-0.2, 0) is 17.5 Å². The zero-order chi connectivity index (χ0) is 14.8. The average Bonchev–Trinajstić information content (AvgIpc) is 2.45. The lowest BCUT2D eigenvalue weighted by molar-refractivity contribution is -0.137. The van der Waals surface area contributed by atoms with Crippen LogP contribution in [0, 0.1) is 0 Å². The van der Waals surface area contributed by atoms with E-state index >= 15 is 0 Å². The van der Waals surface area contributed by atoms with Crippen molar-refractivity contribution in [3.63, 3.8) is 0 Å². The summed E-state index contributed by atoms with van der Waals surface area (Å²) in [5, 5.41) is 0. The lowest BCUT2D eigenvalue weighted by Gasteiger charge is -2.34. The standard InChI is InChI=1S/C14H19F3N2O.2ClH/c1-20-12-4-6-19(7-5-12)13-3-2-11(14(15,16)17)8-10(13)9-18;;/h2-3,8,12H,4-7,9,18H2,1H3;2*1H. The van der Waals surface area contributed by atoms with Gasteiger partial charge in [-0.05, 0) is 36.6 Å². The largest absolute Gasteiger partial charge is 0.416 e. The fraction of sp³-hybridized carbons (Fsp3) is 0.571. The molecule has 0 aliphatic carbocycles. The molecule has 0 radical (unpaired) electrons. The predicted octanol–water partition coefficient (Wildman–Crippen LogP) is 3.62. The molecule has 0 spiro atoms. The Balaban J connectivity index is 0.00000220. The molecule has 3 nitrogen and oxygen atoms in total. The number of hydrogen-bond donors (Lipinski definition) is 1. The van der Waals surface area contributed by atoms with Crippen LogP contribution in [0.2, 0.25) is 0 Å². The second-order valence-corrected chi connectivity index (χ2v) is 4.97. The summed E-state index contributed by atoms with van der Waals surface area (Å²) in [7, 11) is 1.68. The highest BCUT2D eigenvalue weighted by Gasteiger charge is 2.31. The van der Waals surface area contributed by atoms with E-state index in [2.05, 4.69) is 4.90 Å². The number of benzene rings is 1. The molecule has 0 amide bonds. The summed E-state index contributed by atoms with van der Waals surface area (Å²) in [5.41, 5.74) is 6.30. The molecule has 22 heavy (non-hydrogen) atoms. The van der Waals surface area contributed by atoms with Crippen molar-refractivity contribution in [1.29, 1.82) is 0 Å². The van der Waals surface area contributed by atoms with Gasteiger partial charge < -0.3 is 15.4 Å². The van der Waals surface area contributed by atoms with Crippen LogP contribution in [0.3, 0.4) is 0 Å². The fourth-order valence-corrected chi connectivity index (χ4v) is 2.57. The predicted molar refractivity (Wildman–Crippen MR) is 86.1 cm³/mol. The molecule has 0 atom stereocenters. The molecular formula is C14H21Cl2F3N2O. The quantitative estimate of drug-likeness (QED) is 0.894. The van der Waals surface area contributed by atoms with Gasteiger partial charge in [-0.1, -0.05) is 0 Å². The summed E-state index contributed by atoms with van der Waals surface area (Å²) in [6.07, 6.45) is -2.34. The maximum atomic E-state index is 12.7. The van der Waals surface area contributed by atoms with Gasteiger partial charge in [0.25, 0.3) is 0 Å². The van der Waals surface area contributed by atoms with Crippen LogP contribution in [-0.4, -0.2) is 26.3 Å². The first-order valence-corrected chi connectivity index (χ1v) is 6.63. The normalized spacial score (nSPS) is 16.0. The topological polar surface area (TPSA) is 38.5 Å². The molecule has 8 heteroatoms. The van der Waals surface area contributed by atoms with Gasteiger partial charge in [-0.3, -0.25) is 0 Å². The van der Waals surface area contributed by atoms with E-state index in [4.69, 9.17) is 10.5 Å². The summed E-state index contributed by atoms with van der Waals surface area (Å²) >= 11 is 0. The average molecular weight is 361 g/mol. The molecule has 2 rings (SSSR count). The van der Waals surface area contributed by atoms with Gasteiger partial charge in [0.2, 0.25) is 0 Å². The van der Waals surface area contributed by atoms with Gasteiger partial charge in [0.1, 0.15) is 0 Å². The molecule has 1 fully saturated rings. The van der Waals surface area contributed by atoms with Crippen LogP contribution in [0.4, 0.5) is 18.9 Å². The Hall–Kier alpha value is -0.690. The van der Waals surface area contributed by atoms with Crippen LogP contribution in [0.25, 0.3) is 0 Å². The van der Waals surface area contributed by atoms with Crippen molar-refractivity contribution < 1.29 is 17.9 Å². The molecule has 0 saturated carbocycles. The Labute approximate surface area is 140 Å². The number of ether oxygens (including phenoxy) is 1. The lowest BCUT2D eigenvalue weighted by Crippen LogP contribution is -2.37. The first kappa shape index (κ1) is 21.3. The van der Waals surface area contributed by atoms with Crippen molar-refractivity contribution in [2.45, 2.75) is 31.7 Å². The number of halogens is 5. The van der Waals surface area contributed by atoms with Crippen molar-refractivity contribution >= 4 is 30.5 Å². The molecule has 1 saturated heterocycles. The second-order valence-electron chi connectivity index (χ2n) is 4.97. The Morgan fingerprint density at radius 1 is 1.23 bits per heavy atom. The van der Waals surface area contributed by atoms with E-state index in [0.29, 0.717) is 5.56 Å². The van der Waals surface area contributed by atoms with Crippen LogP contribution >= 0.6 is 24.8 Å². The number of methoxy groups -OCH3 is 1. The van der Waals surface area contributed by atoms with Crippen LogP contribution in [0.5, 0.6) is 0 Å². The minimum Gasteiger partial charge on any atom is -0.381 e. The van der Waals surface area contributed by atoms with Crippen LogP contribution in [0.1, 0.15) is 24.0 Å². The van der Waals surface area contributed by atoms with E-state index < -0.39 is 11.7 Å². The van der Waals surface area contributed by atoms with Gasteiger partial charge in [-0.15, -0.1) is 24.8 Å². The summed E-state index contributed by atoms with van der Waals surface area (Å²) in [5.74, 6) is 0. The Bertz CT molecular complexity index is 464. The monoisotopic (exact) mass is 360 g/mol. The highest BCUT2D eigenvalue weighted by molar-refractivity contribution is 5.85. The third-order valence-corrected chi connectivity index (χ3v) is 3.74. The lowest BCUT2D eigenvalue weighted by atomic mass is 10.0. The maximum absolute atomic E-state index is 12.7. The van der Waals surface area contributed by atoms with Crippen molar-refractivity contribution in [2.24, 2.45) is 5.73 Å². The number of alkyl halides is 3. The molecule has 128 valence electrons. The SMILES string of the molecule is COC1CCN(c2ccc(C(F)(F)F)cc2CN)CC1.Cl.Cl. The van der Waals surface area contributed by atoms with Crippen molar-refractivity contribution in [1.82, 2.24) is 0 Å². The summed E-state index contributed by atoms with van der Waals surface area (Å²) in [6.45, 7) is 1.65. The number of piperidine rings is 1. The first-order valence-electron chi connectivity index (χ1n) is 6.63. The molecule has 1 heterocycles. The van der Waals surface area contributed by atoms with E-state index in [9.17, 15) is 13.2 Å². The van der Waals surface area contributed by atoms with E-state index in [-0.39, 0.29) is 37.5 Å². The Morgan fingerprint density at radius 3 is 2.27 bits per heavy atom. The molecule has 0 bridgehead atoms. The smallest absolute Gasteiger partial charge is 0.381 e. The van der Waals surface area contributed by atoms with E-state index in [1.54, 1.807) is 7.11 Å². The van der Waals surface area contributed by atoms with Crippen molar-refractivity contribution in [3.8, 4) is 0 Å². The van der Waals surface area contributed by atoms with Crippen LogP contribution in [0.15, 0.2) is 18.2 Å². The maximum Gasteiger partial charge on any atom is 0.416 e. The van der Waals surface area contributed by atoms with Crippen molar-refractivity contribution in [2.75, 3.05) is 25.1 Å².